The van der Waals surface area contributed by atoms with Crippen LogP contribution in [-0.4, -0.2) is 16.8 Å². The molecule has 1 fully saturated rings. The van der Waals surface area contributed by atoms with E-state index in [1.165, 1.54) is 24.3 Å². The Labute approximate surface area is 102 Å². The average molecular weight is 249 g/mol. The van der Waals surface area contributed by atoms with Gasteiger partial charge in [-0.2, -0.15) is 0 Å². The van der Waals surface area contributed by atoms with E-state index in [-0.39, 0.29) is 12.1 Å². The van der Waals surface area contributed by atoms with Gasteiger partial charge in [-0.25, -0.2) is 0 Å². The van der Waals surface area contributed by atoms with Crippen LogP contribution in [0.5, 0.6) is 0 Å². The molecule has 0 aromatic heterocycles. The number of nitrogens with zero attached hydrogens (tertiary/aromatic N) is 1. The number of carbonyl (C=O) groups is 2. The molecule has 1 aromatic rings. The van der Waals surface area contributed by atoms with E-state index in [4.69, 9.17) is 0 Å². The number of aliphatic carboxylic acids is 1. The second kappa shape index (κ2) is 4.44. The third-order valence-electron chi connectivity index (χ3n) is 2.78. The van der Waals surface area contributed by atoms with E-state index in [2.05, 4.69) is 5.32 Å². The lowest BCUT2D eigenvalue weighted by Crippen LogP contribution is -2.27. The third kappa shape index (κ3) is 2.45. The summed E-state index contributed by atoms with van der Waals surface area (Å²) < 4.78 is 0. The van der Waals surface area contributed by atoms with Crippen molar-refractivity contribution in [1.29, 1.82) is 0 Å². The highest BCUT2D eigenvalue weighted by Crippen LogP contribution is 2.38. The molecule has 1 aliphatic rings. The molecule has 0 bridgehead atoms. The van der Waals surface area contributed by atoms with Crippen LogP contribution in [0.25, 0.3) is 0 Å². The number of hydrogen-bond donors (Lipinski definition) is 1. The van der Waals surface area contributed by atoms with Gasteiger partial charge in [-0.3, -0.25) is 14.9 Å². The maximum atomic E-state index is 11.6. The molecule has 1 aliphatic carbocycles. The molecular weight excluding hydrogens is 240 g/mol. The molecule has 0 saturated heterocycles. The van der Waals surface area contributed by atoms with E-state index in [0.29, 0.717) is 5.69 Å². The zero-order valence-corrected chi connectivity index (χ0v) is 9.16. The number of non-ortho nitro benzene ring substituents is 1. The Hall–Kier alpha value is -2.44. The molecule has 0 aliphatic heterocycles. The van der Waals surface area contributed by atoms with Crippen LogP contribution in [0.4, 0.5) is 11.4 Å². The lowest BCUT2D eigenvalue weighted by Gasteiger charge is -2.04. The van der Waals surface area contributed by atoms with Gasteiger partial charge in [0.15, 0.2) is 0 Å². The van der Waals surface area contributed by atoms with Gasteiger partial charge in [-0.15, -0.1) is 0 Å². The van der Waals surface area contributed by atoms with Gasteiger partial charge in [0.1, 0.15) is 0 Å². The van der Waals surface area contributed by atoms with Gasteiger partial charge < -0.3 is 15.2 Å². The summed E-state index contributed by atoms with van der Waals surface area (Å²) in [4.78, 5) is 31.9. The van der Waals surface area contributed by atoms with E-state index in [1.54, 1.807) is 0 Å². The first-order chi connectivity index (χ1) is 8.49. The van der Waals surface area contributed by atoms with Gasteiger partial charge in [0.2, 0.25) is 5.91 Å². The summed E-state index contributed by atoms with van der Waals surface area (Å²) in [6.45, 7) is 0. The Kier molecular flexibility index (Phi) is 2.97. The fourth-order valence-electron chi connectivity index (χ4n) is 1.65. The highest BCUT2D eigenvalue weighted by Gasteiger charge is 2.43. The summed E-state index contributed by atoms with van der Waals surface area (Å²) in [5, 5.41) is 23.4. The Bertz CT molecular complexity index is 511. The maximum Gasteiger partial charge on any atom is 0.269 e. The normalized spacial score (nSPS) is 21.1. The number of rotatable bonds is 4. The van der Waals surface area contributed by atoms with Crippen LogP contribution >= 0.6 is 0 Å². The van der Waals surface area contributed by atoms with Gasteiger partial charge in [0.25, 0.3) is 5.69 Å². The van der Waals surface area contributed by atoms with E-state index in [0.717, 1.165) is 0 Å². The molecule has 1 aromatic carbocycles. The summed E-state index contributed by atoms with van der Waals surface area (Å²) in [7, 11) is 0. The topological polar surface area (TPSA) is 112 Å². The number of nitro groups is 1. The molecule has 94 valence electrons. The van der Waals surface area contributed by atoms with E-state index in [9.17, 15) is 24.8 Å². The van der Waals surface area contributed by atoms with E-state index < -0.39 is 28.6 Å². The van der Waals surface area contributed by atoms with Crippen LogP contribution in [-0.2, 0) is 9.59 Å². The van der Waals surface area contributed by atoms with Crippen LogP contribution < -0.4 is 10.4 Å². The largest absolute Gasteiger partial charge is 0.550 e. The predicted molar refractivity (Wildman–Crippen MR) is 58.3 cm³/mol. The summed E-state index contributed by atoms with van der Waals surface area (Å²) in [5.74, 6) is -2.91. The second-order valence-corrected chi connectivity index (χ2v) is 4.06. The van der Waals surface area contributed by atoms with Crippen molar-refractivity contribution in [3.8, 4) is 0 Å². The Morgan fingerprint density at radius 1 is 1.22 bits per heavy atom. The first-order valence-corrected chi connectivity index (χ1v) is 5.25. The minimum atomic E-state index is -1.22. The number of carboxylic acid groups (broad SMARTS) is 1. The van der Waals surface area contributed by atoms with Crippen molar-refractivity contribution in [3.63, 3.8) is 0 Å². The second-order valence-electron chi connectivity index (χ2n) is 4.06. The standard InChI is InChI=1S/C11H10N2O5/c14-10(8-5-9(8)11(15)16)12-6-1-3-7(4-2-6)13(17)18/h1-4,8-9H,5H2,(H,12,14)(H,15,16)/p-1/t8-,9+/m0/s1. The van der Waals surface area contributed by atoms with Crippen LogP contribution in [0, 0.1) is 22.0 Å². The first-order valence-electron chi connectivity index (χ1n) is 5.25. The van der Waals surface area contributed by atoms with Gasteiger partial charge >= 0.3 is 0 Å². The van der Waals surface area contributed by atoms with Gasteiger partial charge in [0.05, 0.1) is 4.92 Å². The smallest absolute Gasteiger partial charge is 0.269 e. The number of nitrogens with one attached hydrogen (secondary N) is 1. The molecule has 2 rings (SSSR count). The lowest BCUT2D eigenvalue weighted by molar-refractivity contribution is -0.384. The quantitative estimate of drug-likeness (QED) is 0.592. The van der Waals surface area contributed by atoms with Crippen molar-refractivity contribution in [2.75, 3.05) is 5.32 Å². The number of benzene rings is 1. The Morgan fingerprint density at radius 2 is 1.83 bits per heavy atom. The number of amides is 1. The van der Waals surface area contributed by atoms with Crippen molar-refractivity contribution in [1.82, 2.24) is 0 Å². The summed E-state index contributed by atoms with van der Waals surface area (Å²) in [6, 6.07) is 5.32. The third-order valence-corrected chi connectivity index (χ3v) is 2.78. The molecule has 0 heterocycles. The summed E-state index contributed by atoms with van der Waals surface area (Å²) in [5.41, 5.74) is 0.321. The SMILES string of the molecule is O=C(Nc1ccc([N+](=O)[O-])cc1)[C@H]1C[C@H]1C(=O)[O-]. The van der Waals surface area contributed by atoms with Crippen LogP contribution in [0.2, 0.25) is 0 Å². The van der Waals surface area contributed by atoms with Crippen molar-refractivity contribution in [3.05, 3.63) is 34.4 Å². The van der Waals surface area contributed by atoms with E-state index >= 15 is 0 Å². The fraction of sp³-hybridized carbons (Fsp3) is 0.273. The molecule has 1 N–H and O–H groups in total. The highest BCUT2D eigenvalue weighted by atomic mass is 16.6. The van der Waals surface area contributed by atoms with Crippen molar-refractivity contribution in [2.24, 2.45) is 11.8 Å². The minimum Gasteiger partial charge on any atom is -0.550 e. The Balaban J connectivity index is 1.96. The van der Waals surface area contributed by atoms with Gasteiger partial charge in [-0.05, 0) is 18.6 Å². The zero-order valence-electron chi connectivity index (χ0n) is 9.16. The van der Waals surface area contributed by atoms with Crippen LogP contribution in [0.1, 0.15) is 6.42 Å². The number of nitro benzene ring substituents is 1. The van der Waals surface area contributed by atoms with Crippen molar-refractivity contribution in [2.45, 2.75) is 6.42 Å². The maximum absolute atomic E-state index is 11.6. The molecular formula is C11H9N2O5-. The van der Waals surface area contributed by atoms with Crippen LogP contribution in [0.15, 0.2) is 24.3 Å². The number of hydrogen-bond acceptors (Lipinski definition) is 5. The van der Waals surface area contributed by atoms with Crippen LogP contribution in [0.3, 0.4) is 0 Å². The lowest BCUT2D eigenvalue weighted by atomic mass is 10.2. The molecule has 2 atom stereocenters. The zero-order chi connectivity index (χ0) is 13.3. The number of anilines is 1. The molecule has 0 radical (unpaired) electrons. The molecule has 1 amide bonds. The molecule has 7 heteroatoms. The average Bonchev–Trinajstić information content (AvgIpc) is 3.09. The fourth-order valence-corrected chi connectivity index (χ4v) is 1.65. The molecule has 18 heavy (non-hydrogen) atoms. The number of carbonyl (C=O) groups excluding carboxylic acids is 2. The number of carboxylic acids is 1. The highest BCUT2D eigenvalue weighted by molar-refractivity contribution is 5.97. The first kappa shape index (κ1) is 12.0. The molecule has 0 unspecified atom stereocenters. The van der Waals surface area contributed by atoms with Gasteiger partial charge in [0, 0.05) is 35.6 Å². The molecule has 0 spiro atoms. The summed E-state index contributed by atoms with van der Waals surface area (Å²) >= 11 is 0. The Morgan fingerprint density at radius 3 is 2.28 bits per heavy atom. The van der Waals surface area contributed by atoms with Crippen molar-refractivity contribution >= 4 is 23.3 Å². The molecule has 7 nitrogen and oxygen atoms in total. The van der Waals surface area contributed by atoms with Gasteiger partial charge in [-0.1, -0.05) is 0 Å². The van der Waals surface area contributed by atoms with Crippen molar-refractivity contribution < 1.29 is 19.6 Å². The minimum absolute atomic E-state index is 0.0768. The van der Waals surface area contributed by atoms with E-state index in [1.807, 2.05) is 0 Å². The molecule has 1 saturated carbocycles. The monoisotopic (exact) mass is 249 g/mol. The summed E-state index contributed by atoms with van der Waals surface area (Å²) in [6.07, 6.45) is 0.279. The predicted octanol–water partition coefficient (Wildman–Crippen LogP) is -0.0807.